The Morgan fingerprint density at radius 1 is 1.05 bits per heavy atom. The Hall–Kier alpha value is -0.700. The van der Waals surface area contributed by atoms with Crippen molar-refractivity contribution in [3.05, 3.63) is 0 Å². The summed E-state index contributed by atoms with van der Waals surface area (Å²) in [5.41, 5.74) is 0. The first-order chi connectivity index (χ1) is 9.92. The van der Waals surface area contributed by atoms with Gasteiger partial charge in [-0.25, -0.2) is 0 Å². The summed E-state index contributed by atoms with van der Waals surface area (Å²) in [6, 6.07) is -1.52. The van der Waals surface area contributed by atoms with E-state index in [0.717, 1.165) is 30.0 Å². The molecule has 1 saturated heterocycles. The van der Waals surface area contributed by atoms with E-state index in [1.165, 1.54) is 0 Å². The van der Waals surface area contributed by atoms with Crippen LogP contribution in [0.2, 0.25) is 0 Å². The molecule has 7 nitrogen and oxygen atoms in total. The van der Waals surface area contributed by atoms with E-state index in [0.29, 0.717) is 25.7 Å². The van der Waals surface area contributed by atoms with Crippen LogP contribution in [0.25, 0.3) is 0 Å². The highest BCUT2D eigenvalue weighted by Crippen LogP contribution is 2.23. The van der Waals surface area contributed by atoms with E-state index in [1.807, 2.05) is 0 Å². The second kappa shape index (κ2) is 7.04. The Morgan fingerprint density at radius 2 is 1.71 bits per heavy atom. The zero-order valence-corrected chi connectivity index (χ0v) is 12.9. The van der Waals surface area contributed by atoms with Gasteiger partial charge in [0.1, 0.15) is 6.04 Å². The number of piperidine rings is 1. The van der Waals surface area contributed by atoms with Crippen LogP contribution in [-0.4, -0.2) is 53.6 Å². The molecule has 0 amide bonds. The van der Waals surface area contributed by atoms with E-state index in [2.05, 4.69) is 4.72 Å². The third-order valence-electron chi connectivity index (χ3n) is 4.33. The van der Waals surface area contributed by atoms with Crippen LogP contribution in [0.3, 0.4) is 0 Å². The lowest BCUT2D eigenvalue weighted by Crippen LogP contribution is -2.55. The van der Waals surface area contributed by atoms with E-state index in [9.17, 15) is 23.4 Å². The van der Waals surface area contributed by atoms with E-state index in [1.54, 1.807) is 0 Å². The zero-order chi connectivity index (χ0) is 15.5. The molecule has 21 heavy (non-hydrogen) atoms. The molecule has 1 aliphatic heterocycles. The number of rotatable bonds is 4. The van der Waals surface area contributed by atoms with Gasteiger partial charge in [-0.15, -0.1) is 0 Å². The molecule has 1 saturated carbocycles. The van der Waals surface area contributed by atoms with Gasteiger partial charge in [0.05, 0.1) is 6.10 Å². The second-order valence-electron chi connectivity index (χ2n) is 5.90. The predicted molar refractivity (Wildman–Crippen MR) is 76.9 cm³/mol. The van der Waals surface area contributed by atoms with Crippen molar-refractivity contribution in [1.82, 2.24) is 9.03 Å². The first kappa shape index (κ1) is 16.7. The fourth-order valence-electron chi connectivity index (χ4n) is 3.12. The lowest BCUT2D eigenvalue weighted by Gasteiger charge is -2.33. The molecule has 3 atom stereocenters. The van der Waals surface area contributed by atoms with Gasteiger partial charge in [-0.1, -0.05) is 19.3 Å². The average Bonchev–Trinajstić information content (AvgIpc) is 2.64. The maximum Gasteiger partial charge on any atom is 0.322 e. The Morgan fingerprint density at radius 3 is 2.43 bits per heavy atom. The van der Waals surface area contributed by atoms with Crippen LogP contribution >= 0.6 is 0 Å². The van der Waals surface area contributed by atoms with E-state index >= 15 is 0 Å². The minimum atomic E-state index is -3.88. The Balaban J connectivity index is 2.10. The summed E-state index contributed by atoms with van der Waals surface area (Å²) in [6.45, 7) is 0.217. The maximum atomic E-state index is 12.5. The van der Waals surface area contributed by atoms with Gasteiger partial charge < -0.3 is 10.2 Å². The van der Waals surface area contributed by atoms with Crippen molar-refractivity contribution < 1.29 is 23.4 Å². The normalized spacial score (nSPS) is 32.5. The van der Waals surface area contributed by atoms with Crippen LogP contribution in [0.4, 0.5) is 0 Å². The molecular formula is C13H24N2O5S. The molecular weight excluding hydrogens is 296 g/mol. The predicted octanol–water partition coefficient (Wildman–Crippen LogP) is 0.453. The quantitative estimate of drug-likeness (QED) is 0.652. The Labute approximate surface area is 125 Å². The molecule has 3 unspecified atom stereocenters. The van der Waals surface area contributed by atoms with Crippen LogP contribution in [0, 0.1) is 0 Å². The molecule has 0 aromatic carbocycles. The molecule has 2 aliphatic rings. The summed E-state index contributed by atoms with van der Waals surface area (Å²) < 4.78 is 28.5. The monoisotopic (exact) mass is 320 g/mol. The maximum absolute atomic E-state index is 12.5. The van der Waals surface area contributed by atoms with Crippen molar-refractivity contribution in [2.24, 2.45) is 0 Å². The highest BCUT2D eigenvalue weighted by Gasteiger charge is 2.38. The average molecular weight is 320 g/mol. The van der Waals surface area contributed by atoms with Crippen LogP contribution in [0.15, 0.2) is 0 Å². The number of carboxylic acid groups (broad SMARTS) is 1. The molecule has 1 aliphatic carbocycles. The van der Waals surface area contributed by atoms with Crippen LogP contribution in [-0.2, 0) is 15.0 Å². The minimum absolute atomic E-state index is 0.217. The van der Waals surface area contributed by atoms with Gasteiger partial charge in [0.25, 0.3) is 10.2 Å². The third-order valence-corrected chi connectivity index (χ3v) is 5.98. The summed E-state index contributed by atoms with van der Waals surface area (Å²) >= 11 is 0. The van der Waals surface area contributed by atoms with E-state index < -0.39 is 34.4 Å². The number of carboxylic acids is 1. The van der Waals surface area contributed by atoms with Crippen molar-refractivity contribution in [1.29, 1.82) is 0 Å². The molecule has 3 N–H and O–H groups in total. The first-order valence-electron chi connectivity index (χ1n) is 7.62. The van der Waals surface area contributed by atoms with Crippen molar-refractivity contribution >= 4 is 16.2 Å². The minimum Gasteiger partial charge on any atom is -0.480 e. The molecule has 1 heterocycles. The number of hydrogen-bond donors (Lipinski definition) is 3. The molecule has 0 bridgehead atoms. The van der Waals surface area contributed by atoms with Crippen LogP contribution in [0.1, 0.15) is 51.4 Å². The number of aliphatic hydroxyl groups is 1. The highest BCUT2D eigenvalue weighted by molar-refractivity contribution is 7.87. The van der Waals surface area contributed by atoms with Crippen LogP contribution < -0.4 is 4.72 Å². The number of aliphatic carboxylic acids is 1. The molecule has 2 rings (SSSR count). The fourth-order valence-corrected chi connectivity index (χ4v) is 4.82. The SMILES string of the molecule is O=C(O)C1CCCCN1S(=O)(=O)NC1CCCCCC1O. The lowest BCUT2D eigenvalue weighted by atomic mass is 10.1. The van der Waals surface area contributed by atoms with Gasteiger partial charge in [-0.2, -0.15) is 17.4 Å². The van der Waals surface area contributed by atoms with Crippen molar-refractivity contribution in [2.45, 2.75) is 69.6 Å². The molecule has 0 radical (unpaired) electrons. The highest BCUT2D eigenvalue weighted by atomic mass is 32.2. The Bertz CT molecular complexity index is 467. The number of carbonyl (C=O) groups is 1. The molecule has 0 aromatic rings. The molecule has 0 spiro atoms. The molecule has 2 fully saturated rings. The van der Waals surface area contributed by atoms with Crippen molar-refractivity contribution in [2.75, 3.05) is 6.54 Å². The Kier molecular flexibility index (Phi) is 5.59. The van der Waals surface area contributed by atoms with E-state index in [-0.39, 0.29) is 6.54 Å². The molecule has 122 valence electrons. The van der Waals surface area contributed by atoms with Gasteiger partial charge in [-0.05, 0) is 32.1 Å². The summed E-state index contributed by atoms with van der Waals surface area (Å²) in [5.74, 6) is -1.11. The van der Waals surface area contributed by atoms with Gasteiger partial charge in [-0.3, -0.25) is 4.79 Å². The third kappa shape index (κ3) is 4.15. The van der Waals surface area contributed by atoms with Gasteiger partial charge in [0.15, 0.2) is 0 Å². The number of nitrogens with one attached hydrogen (secondary N) is 1. The smallest absolute Gasteiger partial charge is 0.322 e. The summed E-state index contributed by atoms with van der Waals surface area (Å²) in [6.07, 6.45) is 4.93. The fraction of sp³-hybridized carbons (Fsp3) is 0.923. The second-order valence-corrected chi connectivity index (χ2v) is 7.55. The summed E-state index contributed by atoms with van der Waals surface area (Å²) in [5, 5.41) is 19.2. The number of aliphatic hydroxyl groups excluding tert-OH is 1. The number of hydrogen-bond acceptors (Lipinski definition) is 4. The number of nitrogens with zero attached hydrogens (tertiary/aromatic N) is 1. The van der Waals surface area contributed by atoms with E-state index in [4.69, 9.17) is 0 Å². The standard InChI is InChI=1S/C13H24N2O5S/c16-12-8-3-1-2-6-10(12)14-21(19,20)15-9-5-4-7-11(15)13(17)18/h10-12,14,16H,1-9H2,(H,17,18). The van der Waals surface area contributed by atoms with Gasteiger partial charge >= 0.3 is 5.97 Å². The van der Waals surface area contributed by atoms with Crippen LogP contribution in [0.5, 0.6) is 0 Å². The first-order valence-corrected chi connectivity index (χ1v) is 9.06. The van der Waals surface area contributed by atoms with Crippen molar-refractivity contribution in [3.8, 4) is 0 Å². The molecule has 8 heteroatoms. The molecule has 0 aromatic heterocycles. The van der Waals surface area contributed by atoms with Gasteiger partial charge in [0.2, 0.25) is 0 Å². The zero-order valence-electron chi connectivity index (χ0n) is 12.1. The van der Waals surface area contributed by atoms with Crippen molar-refractivity contribution in [3.63, 3.8) is 0 Å². The summed E-state index contributed by atoms with van der Waals surface area (Å²) in [4.78, 5) is 11.2. The largest absolute Gasteiger partial charge is 0.480 e. The topological polar surface area (TPSA) is 107 Å². The lowest BCUT2D eigenvalue weighted by molar-refractivity contribution is -0.142. The summed E-state index contributed by atoms with van der Waals surface area (Å²) in [7, 11) is -3.88. The van der Waals surface area contributed by atoms with Gasteiger partial charge in [0, 0.05) is 12.6 Å².